The van der Waals surface area contributed by atoms with Crippen molar-refractivity contribution in [2.24, 2.45) is 28.3 Å². The van der Waals surface area contributed by atoms with E-state index in [0.29, 0.717) is 11.7 Å². The van der Waals surface area contributed by atoms with Crippen LogP contribution >= 0.6 is 0 Å². The highest BCUT2D eigenvalue weighted by Gasteiger charge is 2.38. The smallest absolute Gasteiger partial charge is 0.257 e. The second-order valence-corrected chi connectivity index (χ2v) is 7.90. The van der Waals surface area contributed by atoms with Gasteiger partial charge in [0, 0.05) is 25.6 Å². The number of hydrogen-bond donors (Lipinski definition) is 3. The van der Waals surface area contributed by atoms with Gasteiger partial charge in [0.15, 0.2) is 0 Å². The van der Waals surface area contributed by atoms with E-state index >= 15 is 0 Å². The molecule has 1 aliphatic heterocycles. The molecule has 3 rings (SSSR count). The summed E-state index contributed by atoms with van der Waals surface area (Å²) in [4.78, 5) is 18.6. The minimum Gasteiger partial charge on any atom is -0.383 e. The number of para-hydroxylation sites is 1. The SMILES string of the molecule is CC1CN([C@H]2CC[C@H]([NH2+]/C=C(/C(N)=O)C(N)=Nc3ccccc3)[C@@H](C#N)C2)C1. The van der Waals surface area contributed by atoms with Crippen molar-refractivity contribution >= 4 is 17.4 Å². The van der Waals surface area contributed by atoms with Crippen LogP contribution in [0.4, 0.5) is 5.69 Å². The molecule has 2 aliphatic rings. The van der Waals surface area contributed by atoms with E-state index in [0.717, 1.165) is 38.3 Å². The van der Waals surface area contributed by atoms with E-state index in [-0.39, 0.29) is 23.4 Å². The molecular weight excluding hydrogens is 352 g/mol. The number of carbonyl (C=O) groups is 1. The van der Waals surface area contributed by atoms with Crippen LogP contribution in [0, 0.1) is 23.2 Å². The number of amidine groups is 1. The van der Waals surface area contributed by atoms with Gasteiger partial charge in [-0.3, -0.25) is 9.69 Å². The number of hydrogen-bond acceptors (Lipinski definition) is 4. The molecule has 148 valence electrons. The van der Waals surface area contributed by atoms with E-state index in [1.54, 1.807) is 18.3 Å². The number of nitriles is 1. The Bertz CT molecular complexity index is 791. The van der Waals surface area contributed by atoms with E-state index in [1.165, 1.54) is 0 Å². The Morgan fingerprint density at radius 3 is 2.61 bits per heavy atom. The van der Waals surface area contributed by atoms with Gasteiger partial charge in [-0.2, -0.15) is 5.26 Å². The number of nitrogens with two attached hydrogens (primary N) is 3. The molecule has 28 heavy (non-hydrogen) atoms. The average Bonchev–Trinajstić information content (AvgIpc) is 2.66. The normalized spacial score (nSPS) is 27.1. The van der Waals surface area contributed by atoms with Crippen LogP contribution in [0.15, 0.2) is 47.1 Å². The van der Waals surface area contributed by atoms with Gasteiger partial charge in [0.1, 0.15) is 23.7 Å². The van der Waals surface area contributed by atoms with Gasteiger partial charge in [-0.25, -0.2) is 4.99 Å². The maximum atomic E-state index is 11.9. The van der Waals surface area contributed by atoms with Crippen LogP contribution in [0.5, 0.6) is 0 Å². The van der Waals surface area contributed by atoms with Gasteiger partial charge in [-0.1, -0.05) is 25.1 Å². The summed E-state index contributed by atoms with van der Waals surface area (Å²) in [7, 11) is 0. The van der Waals surface area contributed by atoms with Crippen LogP contribution < -0.4 is 16.8 Å². The van der Waals surface area contributed by atoms with Crippen molar-refractivity contribution in [3.63, 3.8) is 0 Å². The highest BCUT2D eigenvalue weighted by atomic mass is 16.1. The molecule has 1 aliphatic carbocycles. The zero-order chi connectivity index (χ0) is 20.1. The molecule has 0 spiro atoms. The number of nitrogens with zero attached hydrogens (tertiary/aromatic N) is 3. The summed E-state index contributed by atoms with van der Waals surface area (Å²) in [5, 5.41) is 11.5. The monoisotopic (exact) mass is 381 g/mol. The summed E-state index contributed by atoms with van der Waals surface area (Å²) in [6.07, 6.45) is 4.51. The Hall–Kier alpha value is -2.69. The zero-order valence-corrected chi connectivity index (χ0v) is 16.3. The molecule has 1 aromatic carbocycles. The van der Waals surface area contributed by atoms with Crippen molar-refractivity contribution < 1.29 is 10.1 Å². The van der Waals surface area contributed by atoms with Crippen molar-refractivity contribution in [1.82, 2.24) is 4.90 Å². The van der Waals surface area contributed by atoms with Crippen molar-refractivity contribution in [1.29, 1.82) is 5.26 Å². The molecule has 1 aromatic rings. The van der Waals surface area contributed by atoms with Crippen molar-refractivity contribution in [3.05, 3.63) is 42.1 Å². The lowest BCUT2D eigenvalue weighted by molar-refractivity contribution is -0.635. The third-order valence-electron chi connectivity index (χ3n) is 5.71. The first-order valence-electron chi connectivity index (χ1n) is 9.86. The van der Waals surface area contributed by atoms with Crippen molar-refractivity contribution in [3.8, 4) is 6.07 Å². The number of rotatable bonds is 6. The molecule has 0 aromatic heterocycles. The molecule has 6 N–H and O–H groups in total. The number of likely N-dealkylation sites (tertiary alicyclic amines) is 1. The Balaban J connectivity index is 1.66. The van der Waals surface area contributed by atoms with Crippen LogP contribution in [-0.4, -0.2) is 41.8 Å². The highest BCUT2D eigenvalue weighted by molar-refractivity contribution is 6.19. The Kier molecular flexibility index (Phi) is 6.45. The van der Waals surface area contributed by atoms with Gasteiger partial charge >= 0.3 is 0 Å². The third kappa shape index (κ3) is 4.77. The molecule has 1 heterocycles. The van der Waals surface area contributed by atoms with Crippen molar-refractivity contribution in [2.45, 2.75) is 38.3 Å². The topological polar surface area (TPSA) is 125 Å². The second-order valence-electron chi connectivity index (χ2n) is 7.90. The van der Waals surface area contributed by atoms with Crippen molar-refractivity contribution in [2.75, 3.05) is 13.1 Å². The minimum absolute atomic E-state index is 0.0627. The molecule has 1 saturated heterocycles. The van der Waals surface area contributed by atoms with Crippen LogP contribution in [0.1, 0.15) is 26.2 Å². The summed E-state index contributed by atoms with van der Waals surface area (Å²) in [5.41, 5.74) is 12.4. The van der Waals surface area contributed by atoms with E-state index in [4.69, 9.17) is 11.5 Å². The standard InChI is InChI=1S/C21H28N6O/c1-14-12-27(13-14)17-7-8-19(15(9-17)10-22)25-11-18(21(24)28)20(23)26-16-5-3-2-4-6-16/h2-6,11,14-15,17,19,25H,7-9,12-13H2,1H3,(H2,23,26)(H2,24,28)/p+1/b18-11+/t15-,17+,19+/m1/s1. The van der Waals surface area contributed by atoms with Crippen LogP contribution in [0.2, 0.25) is 0 Å². The van der Waals surface area contributed by atoms with E-state index in [2.05, 4.69) is 22.9 Å². The van der Waals surface area contributed by atoms with Crippen LogP contribution in [-0.2, 0) is 4.79 Å². The third-order valence-corrected chi connectivity index (χ3v) is 5.71. The minimum atomic E-state index is -0.620. The lowest BCUT2D eigenvalue weighted by Crippen LogP contribution is -2.87. The predicted octanol–water partition coefficient (Wildman–Crippen LogP) is 0.620. The van der Waals surface area contributed by atoms with Gasteiger partial charge in [0.25, 0.3) is 5.91 Å². The maximum Gasteiger partial charge on any atom is 0.257 e. The molecule has 3 atom stereocenters. The molecule has 0 unspecified atom stereocenters. The summed E-state index contributed by atoms with van der Waals surface area (Å²) in [6, 6.07) is 12.2. The Labute approximate surface area is 166 Å². The fourth-order valence-corrected chi connectivity index (χ4v) is 4.14. The summed E-state index contributed by atoms with van der Waals surface area (Å²) < 4.78 is 0. The first-order chi connectivity index (χ1) is 13.5. The largest absolute Gasteiger partial charge is 0.383 e. The molecule has 0 bridgehead atoms. The highest BCUT2D eigenvalue weighted by Crippen LogP contribution is 2.30. The molecule has 2 fully saturated rings. The summed E-state index contributed by atoms with van der Waals surface area (Å²) >= 11 is 0. The number of amides is 1. The average molecular weight is 382 g/mol. The maximum absolute atomic E-state index is 11.9. The first-order valence-corrected chi connectivity index (χ1v) is 9.86. The fourth-order valence-electron chi connectivity index (χ4n) is 4.14. The van der Waals surface area contributed by atoms with E-state index in [1.807, 2.05) is 23.5 Å². The number of primary amides is 1. The van der Waals surface area contributed by atoms with Gasteiger partial charge in [-0.05, 0) is 30.9 Å². The lowest BCUT2D eigenvalue weighted by Gasteiger charge is -2.46. The number of carbonyl (C=O) groups excluding carboxylic acids is 1. The second kappa shape index (κ2) is 9.00. The van der Waals surface area contributed by atoms with E-state index in [9.17, 15) is 10.1 Å². The lowest BCUT2D eigenvalue weighted by atomic mass is 9.80. The molecule has 7 nitrogen and oxygen atoms in total. The summed E-state index contributed by atoms with van der Waals surface area (Å²) in [6.45, 7) is 4.53. The van der Waals surface area contributed by atoms with Gasteiger partial charge < -0.3 is 16.8 Å². The molecule has 7 heteroatoms. The molecule has 1 amide bonds. The zero-order valence-electron chi connectivity index (χ0n) is 16.3. The molecule has 1 saturated carbocycles. The quantitative estimate of drug-likeness (QED) is 0.379. The van der Waals surface area contributed by atoms with Crippen LogP contribution in [0.25, 0.3) is 0 Å². The Morgan fingerprint density at radius 2 is 2.00 bits per heavy atom. The van der Waals surface area contributed by atoms with Crippen LogP contribution in [0.3, 0.4) is 0 Å². The summed E-state index contributed by atoms with van der Waals surface area (Å²) in [5.74, 6) is 0.168. The Morgan fingerprint density at radius 1 is 1.29 bits per heavy atom. The van der Waals surface area contributed by atoms with Gasteiger partial charge in [-0.15, -0.1) is 0 Å². The number of aliphatic imine (C=N–C) groups is 1. The molecular formula is C21H29N6O+. The fraction of sp³-hybridized carbons (Fsp3) is 0.476. The van der Waals surface area contributed by atoms with E-state index < -0.39 is 5.91 Å². The molecule has 0 radical (unpaired) electrons. The number of quaternary nitrogens is 1. The number of benzene rings is 1. The predicted molar refractivity (Wildman–Crippen MR) is 108 cm³/mol. The van der Waals surface area contributed by atoms with Gasteiger partial charge in [0.05, 0.1) is 17.7 Å². The first kappa shape index (κ1) is 20.1. The van der Waals surface area contributed by atoms with Gasteiger partial charge in [0.2, 0.25) is 0 Å².